The first-order valence-electron chi connectivity index (χ1n) is 5.39. The molecule has 1 aromatic rings. The lowest BCUT2D eigenvalue weighted by atomic mass is 10.1. The Labute approximate surface area is 88.9 Å². The van der Waals surface area contributed by atoms with Crippen molar-refractivity contribution in [1.82, 2.24) is 15.5 Å². The third kappa shape index (κ3) is 2.54. The van der Waals surface area contributed by atoms with Crippen LogP contribution >= 0.6 is 0 Å². The molecule has 84 valence electrons. The fourth-order valence-corrected chi connectivity index (χ4v) is 1.76. The minimum atomic E-state index is -0.296. The molecule has 0 radical (unpaired) electrons. The molecule has 1 aliphatic rings. The number of rotatable bonds is 3. The molecule has 1 fully saturated rings. The molecular weight excluding hydrogens is 194 g/mol. The number of hydrogen-bond acceptors (Lipinski definition) is 5. The van der Waals surface area contributed by atoms with Gasteiger partial charge in [0.25, 0.3) is 0 Å². The Morgan fingerprint density at radius 3 is 3.00 bits per heavy atom. The summed E-state index contributed by atoms with van der Waals surface area (Å²) in [6.07, 6.45) is 1.19. The second-order valence-corrected chi connectivity index (χ2v) is 4.50. The summed E-state index contributed by atoms with van der Waals surface area (Å²) in [5.74, 6) is 1.88. The molecule has 0 unspecified atom stereocenters. The van der Waals surface area contributed by atoms with Gasteiger partial charge in [-0.2, -0.15) is 4.98 Å². The minimum Gasteiger partial charge on any atom is -0.392 e. The van der Waals surface area contributed by atoms with Crippen LogP contribution in [0.2, 0.25) is 0 Å². The minimum absolute atomic E-state index is 0.0217. The molecule has 0 amide bonds. The zero-order chi connectivity index (χ0) is 10.8. The number of nitrogens with zero attached hydrogens (tertiary/aromatic N) is 2. The molecule has 2 N–H and O–H groups in total. The molecular formula is C10H17N3O2. The van der Waals surface area contributed by atoms with Crippen LogP contribution in [0.1, 0.15) is 38.0 Å². The van der Waals surface area contributed by atoms with Crippen molar-refractivity contribution in [3.63, 3.8) is 0 Å². The summed E-state index contributed by atoms with van der Waals surface area (Å²) in [7, 11) is 0. The summed E-state index contributed by atoms with van der Waals surface area (Å²) in [5.41, 5.74) is 0. The van der Waals surface area contributed by atoms with Gasteiger partial charge in [-0.1, -0.05) is 19.0 Å². The molecule has 1 aliphatic heterocycles. The maximum absolute atomic E-state index is 9.36. The zero-order valence-electron chi connectivity index (χ0n) is 9.10. The zero-order valence-corrected chi connectivity index (χ0v) is 9.10. The molecule has 2 rings (SSSR count). The van der Waals surface area contributed by atoms with Gasteiger partial charge in [0, 0.05) is 13.0 Å². The predicted molar refractivity (Wildman–Crippen MR) is 54.2 cm³/mol. The van der Waals surface area contributed by atoms with Crippen molar-refractivity contribution >= 4 is 0 Å². The van der Waals surface area contributed by atoms with Gasteiger partial charge in [0.2, 0.25) is 5.89 Å². The van der Waals surface area contributed by atoms with Crippen molar-refractivity contribution in [2.45, 2.75) is 38.8 Å². The molecule has 0 bridgehead atoms. The van der Waals surface area contributed by atoms with Crippen LogP contribution in [0.25, 0.3) is 0 Å². The van der Waals surface area contributed by atoms with Crippen LogP contribution < -0.4 is 5.32 Å². The SMILES string of the molecule is CC(C)Cc1noc([C@H]2C[C@H](O)CN2)n1. The highest BCUT2D eigenvalue weighted by Crippen LogP contribution is 2.21. The standard InChI is InChI=1S/C10H17N3O2/c1-6(2)3-9-12-10(15-13-9)8-4-7(14)5-11-8/h6-8,11,14H,3-5H2,1-2H3/t7-,8+/m0/s1. The van der Waals surface area contributed by atoms with Gasteiger partial charge in [-0.15, -0.1) is 0 Å². The fourth-order valence-electron chi connectivity index (χ4n) is 1.76. The van der Waals surface area contributed by atoms with Gasteiger partial charge in [0.1, 0.15) is 0 Å². The van der Waals surface area contributed by atoms with Gasteiger partial charge in [-0.25, -0.2) is 0 Å². The number of aromatic nitrogens is 2. The number of aliphatic hydroxyl groups is 1. The van der Waals surface area contributed by atoms with Crippen LogP contribution in [0.3, 0.4) is 0 Å². The Kier molecular flexibility index (Phi) is 3.02. The van der Waals surface area contributed by atoms with E-state index in [1.807, 2.05) is 0 Å². The molecule has 2 heterocycles. The summed E-state index contributed by atoms with van der Waals surface area (Å²) in [4.78, 5) is 4.32. The van der Waals surface area contributed by atoms with E-state index in [1.54, 1.807) is 0 Å². The number of β-amino-alcohol motifs (C(OH)–C–C–N with tert-alkyl or cyclic N) is 1. The quantitative estimate of drug-likeness (QED) is 0.768. The first kappa shape index (κ1) is 10.6. The summed E-state index contributed by atoms with van der Waals surface area (Å²) in [5, 5.41) is 16.4. The molecule has 15 heavy (non-hydrogen) atoms. The predicted octanol–water partition coefficient (Wildman–Crippen LogP) is 0.663. The van der Waals surface area contributed by atoms with E-state index >= 15 is 0 Å². The average molecular weight is 211 g/mol. The Hall–Kier alpha value is -0.940. The highest BCUT2D eigenvalue weighted by molar-refractivity contribution is 4.97. The lowest BCUT2D eigenvalue weighted by Crippen LogP contribution is -2.15. The monoisotopic (exact) mass is 211 g/mol. The van der Waals surface area contributed by atoms with E-state index in [0.29, 0.717) is 24.8 Å². The molecule has 1 aromatic heterocycles. The molecule has 0 saturated carbocycles. The summed E-state index contributed by atoms with van der Waals surface area (Å²) >= 11 is 0. The van der Waals surface area contributed by atoms with Crippen LogP contribution in [0, 0.1) is 5.92 Å². The third-order valence-corrected chi connectivity index (χ3v) is 2.48. The van der Waals surface area contributed by atoms with E-state index < -0.39 is 0 Å². The lowest BCUT2D eigenvalue weighted by Gasteiger charge is -2.01. The van der Waals surface area contributed by atoms with Crippen LogP contribution in [-0.4, -0.2) is 27.9 Å². The van der Waals surface area contributed by atoms with Crippen molar-refractivity contribution in [2.75, 3.05) is 6.54 Å². The molecule has 5 nitrogen and oxygen atoms in total. The molecule has 1 saturated heterocycles. The molecule has 5 heteroatoms. The number of hydrogen-bond donors (Lipinski definition) is 2. The fraction of sp³-hybridized carbons (Fsp3) is 0.800. The number of aliphatic hydroxyl groups excluding tert-OH is 1. The van der Waals surface area contributed by atoms with Crippen LogP contribution in [0.15, 0.2) is 4.52 Å². The van der Waals surface area contributed by atoms with Crippen LogP contribution in [0.5, 0.6) is 0 Å². The van der Waals surface area contributed by atoms with E-state index in [4.69, 9.17) is 4.52 Å². The van der Waals surface area contributed by atoms with Gasteiger partial charge < -0.3 is 14.9 Å². The average Bonchev–Trinajstić information content (AvgIpc) is 2.72. The van der Waals surface area contributed by atoms with Gasteiger partial charge in [-0.05, 0) is 12.3 Å². The second-order valence-electron chi connectivity index (χ2n) is 4.50. The number of nitrogens with one attached hydrogen (secondary N) is 1. The van der Waals surface area contributed by atoms with Gasteiger partial charge >= 0.3 is 0 Å². The van der Waals surface area contributed by atoms with Crippen molar-refractivity contribution in [2.24, 2.45) is 5.92 Å². The van der Waals surface area contributed by atoms with Gasteiger partial charge in [0.15, 0.2) is 5.82 Å². The molecule has 0 spiro atoms. The highest BCUT2D eigenvalue weighted by atomic mass is 16.5. The van der Waals surface area contributed by atoms with Crippen molar-refractivity contribution < 1.29 is 9.63 Å². The van der Waals surface area contributed by atoms with E-state index in [2.05, 4.69) is 29.3 Å². The van der Waals surface area contributed by atoms with Crippen molar-refractivity contribution in [3.8, 4) is 0 Å². The lowest BCUT2D eigenvalue weighted by molar-refractivity contribution is 0.191. The van der Waals surface area contributed by atoms with E-state index in [1.165, 1.54) is 0 Å². The maximum atomic E-state index is 9.36. The molecule has 0 aliphatic carbocycles. The third-order valence-electron chi connectivity index (χ3n) is 2.48. The highest BCUT2D eigenvalue weighted by Gasteiger charge is 2.27. The first-order chi connectivity index (χ1) is 7.15. The normalized spacial score (nSPS) is 26.4. The summed E-state index contributed by atoms with van der Waals surface area (Å²) in [6.45, 7) is 4.84. The largest absolute Gasteiger partial charge is 0.392 e. The van der Waals surface area contributed by atoms with Gasteiger partial charge in [0.05, 0.1) is 12.1 Å². The Morgan fingerprint density at radius 2 is 2.40 bits per heavy atom. The van der Waals surface area contributed by atoms with Crippen LogP contribution in [0.4, 0.5) is 0 Å². The molecule has 2 atom stereocenters. The van der Waals surface area contributed by atoms with Crippen molar-refractivity contribution in [1.29, 1.82) is 0 Å². The van der Waals surface area contributed by atoms with E-state index in [0.717, 1.165) is 12.2 Å². The van der Waals surface area contributed by atoms with E-state index in [-0.39, 0.29) is 12.1 Å². The Morgan fingerprint density at radius 1 is 1.60 bits per heavy atom. The Bertz CT molecular complexity index is 324. The van der Waals surface area contributed by atoms with Crippen LogP contribution in [-0.2, 0) is 6.42 Å². The first-order valence-corrected chi connectivity index (χ1v) is 5.39. The molecule has 0 aromatic carbocycles. The summed E-state index contributed by atoms with van der Waals surface area (Å²) < 4.78 is 5.16. The summed E-state index contributed by atoms with van der Waals surface area (Å²) in [6, 6.07) is 0.0217. The Balaban J connectivity index is 2.00. The maximum Gasteiger partial charge on any atom is 0.243 e. The van der Waals surface area contributed by atoms with Gasteiger partial charge in [-0.3, -0.25) is 0 Å². The van der Waals surface area contributed by atoms with Crippen molar-refractivity contribution in [3.05, 3.63) is 11.7 Å². The topological polar surface area (TPSA) is 71.2 Å². The smallest absolute Gasteiger partial charge is 0.243 e. The van der Waals surface area contributed by atoms with E-state index in [9.17, 15) is 5.11 Å². The second kappa shape index (κ2) is 4.28.